The second-order valence-corrected chi connectivity index (χ2v) is 6.83. The minimum absolute atomic E-state index is 1.19. The molecule has 0 aromatic heterocycles. The van der Waals surface area contributed by atoms with Crippen molar-refractivity contribution in [3.8, 4) is 0 Å². The largest absolute Gasteiger partial charge is 0.0975 e. The van der Waals surface area contributed by atoms with Crippen LogP contribution in [0.1, 0.15) is 0 Å². The molecule has 0 fully saturated rings. The van der Waals surface area contributed by atoms with Crippen molar-refractivity contribution in [1.29, 1.82) is 0 Å². The normalized spacial score (nSPS) is 9.78. The first-order valence-electron chi connectivity index (χ1n) is 5.05. The Morgan fingerprint density at radius 3 is 1.22 bits per heavy atom. The van der Waals surface area contributed by atoms with Gasteiger partial charge in [-0.2, -0.15) is 0 Å². The number of benzene rings is 1. The lowest BCUT2D eigenvalue weighted by Crippen LogP contribution is -1.84. The second-order valence-electron chi connectivity index (χ2n) is 2.86. The Labute approximate surface area is 126 Å². The summed E-state index contributed by atoms with van der Waals surface area (Å²) in [5.74, 6) is 0. The molecule has 18 heavy (non-hydrogen) atoms. The number of hydrogen-bond acceptors (Lipinski definition) is 4. The Morgan fingerprint density at radius 1 is 0.611 bits per heavy atom. The van der Waals surface area contributed by atoms with Crippen LogP contribution in [0.15, 0.2) is 79.7 Å². The van der Waals surface area contributed by atoms with E-state index in [4.69, 9.17) is 0 Å². The van der Waals surface area contributed by atoms with Crippen LogP contribution < -0.4 is 0 Å². The highest BCUT2D eigenvalue weighted by Crippen LogP contribution is 2.44. The Morgan fingerprint density at radius 2 is 0.944 bits per heavy atom. The molecule has 0 saturated carbocycles. The molecule has 1 aromatic carbocycles. The van der Waals surface area contributed by atoms with Crippen molar-refractivity contribution in [2.45, 2.75) is 19.6 Å². The van der Waals surface area contributed by atoms with E-state index in [1.165, 1.54) is 19.6 Å². The van der Waals surface area contributed by atoms with E-state index in [1.54, 1.807) is 47.0 Å². The molecule has 0 unspecified atom stereocenters. The van der Waals surface area contributed by atoms with Crippen molar-refractivity contribution < 1.29 is 0 Å². The molecule has 0 atom stereocenters. The van der Waals surface area contributed by atoms with Gasteiger partial charge in [-0.15, -0.1) is 0 Å². The maximum absolute atomic E-state index is 3.80. The monoisotopic (exact) mass is 310 g/mol. The third-order valence-electron chi connectivity index (χ3n) is 1.86. The van der Waals surface area contributed by atoms with Gasteiger partial charge in [0.1, 0.15) is 0 Å². The molecule has 0 amide bonds. The molecule has 1 aromatic rings. The third-order valence-corrected chi connectivity index (χ3v) is 5.42. The summed E-state index contributed by atoms with van der Waals surface area (Å²) in [5.41, 5.74) is 0. The molecule has 1 rings (SSSR count). The zero-order valence-corrected chi connectivity index (χ0v) is 13.2. The van der Waals surface area contributed by atoms with E-state index in [0.29, 0.717) is 0 Å². The van der Waals surface area contributed by atoms with Crippen molar-refractivity contribution >= 4 is 47.0 Å². The molecule has 94 valence electrons. The van der Waals surface area contributed by atoms with Crippen molar-refractivity contribution in [3.05, 3.63) is 60.1 Å². The molecule has 0 radical (unpaired) electrons. The number of hydrogen-bond donors (Lipinski definition) is 0. The Kier molecular flexibility index (Phi) is 7.51. The maximum atomic E-state index is 3.80. The van der Waals surface area contributed by atoms with Crippen LogP contribution in [0.5, 0.6) is 0 Å². The molecule has 0 aliphatic rings. The van der Waals surface area contributed by atoms with Gasteiger partial charge < -0.3 is 0 Å². The van der Waals surface area contributed by atoms with Gasteiger partial charge in [-0.3, -0.25) is 0 Å². The molecular formula is C14H14S4. The van der Waals surface area contributed by atoms with Crippen LogP contribution in [-0.4, -0.2) is 0 Å². The lowest BCUT2D eigenvalue weighted by atomic mass is 10.3. The van der Waals surface area contributed by atoms with E-state index < -0.39 is 0 Å². The van der Waals surface area contributed by atoms with Crippen LogP contribution in [0.3, 0.4) is 0 Å². The summed E-state index contributed by atoms with van der Waals surface area (Å²) >= 11 is 6.50. The van der Waals surface area contributed by atoms with E-state index in [-0.39, 0.29) is 0 Å². The predicted molar refractivity (Wildman–Crippen MR) is 90.7 cm³/mol. The van der Waals surface area contributed by atoms with Gasteiger partial charge in [0.05, 0.1) is 0 Å². The summed E-state index contributed by atoms with van der Waals surface area (Å²) in [6, 6.07) is 4.22. The van der Waals surface area contributed by atoms with Crippen molar-refractivity contribution in [2.75, 3.05) is 0 Å². The molecule has 0 N–H and O–H groups in total. The fraction of sp³-hybridized carbons (Fsp3) is 0. The van der Waals surface area contributed by atoms with Crippen LogP contribution in [0.25, 0.3) is 0 Å². The first-order chi connectivity index (χ1) is 8.78. The summed E-state index contributed by atoms with van der Waals surface area (Å²) in [4.78, 5) is 4.78. The highest BCUT2D eigenvalue weighted by molar-refractivity contribution is 8.07. The number of rotatable bonds is 8. The van der Waals surface area contributed by atoms with E-state index >= 15 is 0 Å². The van der Waals surface area contributed by atoms with Gasteiger partial charge in [-0.25, -0.2) is 0 Å². The fourth-order valence-corrected chi connectivity index (χ4v) is 4.48. The minimum Gasteiger partial charge on any atom is -0.0975 e. The van der Waals surface area contributed by atoms with Crippen LogP contribution in [0.4, 0.5) is 0 Å². The SMILES string of the molecule is C=CSc1ccc(SC=C)c(SC=C)c1SC=C. The summed E-state index contributed by atoms with van der Waals surface area (Å²) in [6.07, 6.45) is 0. The molecule has 0 aliphatic heterocycles. The molecule has 0 bridgehead atoms. The average molecular weight is 311 g/mol. The summed E-state index contributed by atoms with van der Waals surface area (Å²) in [7, 11) is 0. The lowest BCUT2D eigenvalue weighted by Gasteiger charge is -2.13. The third kappa shape index (κ3) is 4.05. The lowest BCUT2D eigenvalue weighted by molar-refractivity contribution is 1.04. The maximum Gasteiger partial charge on any atom is 0.0406 e. The zero-order chi connectivity index (χ0) is 13.4. The van der Waals surface area contributed by atoms with Gasteiger partial charge in [0.15, 0.2) is 0 Å². The van der Waals surface area contributed by atoms with Gasteiger partial charge in [0, 0.05) is 19.6 Å². The highest BCUT2D eigenvalue weighted by Gasteiger charge is 2.12. The van der Waals surface area contributed by atoms with Crippen LogP contribution >= 0.6 is 47.0 Å². The molecule has 0 aliphatic carbocycles. The molecule has 0 heterocycles. The Balaban J connectivity index is 3.35. The fourth-order valence-electron chi connectivity index (χ4n) is 1.28. The Bertz CT molecular complexity index is 420. The summed E-state index contributed by atoms with van der Waals surface area (Å²) < 4.78 is 0. The van der Waals surface area contributed by atoms with Crippen molar-refractivity contribution in [2.24, 2.45) is 0 Å². The topological polar surface area (TPSA) is 0 Å². The highest BCUT2D eigenvalue weighted by atomic mass is 32.2. The predicted octanol–water partition coefficient (Wildman–Crippen LogP) is 6.63. The quantitative estimate of drug-likeness (QED) is 0.494. The molecular weight excluding hydrogens is 296 g/mol. The van der Waals surface area contributed by atoms with Gasteiger partial charge in [-0.05, 0) is 33.8 Å². The first-order valence-corrected chi connectivity index (χ1v) is 8.57. The average Bonchev–Trinajstić information content (AvgIpc) is 2.37. The van der Waals surface area contributed by atoms with Gasteiger partial charge in [0.25, 0.3) is 0 Å². The second kappa shape index (κ2) is 8.64. The van der Waals surface area contributed by atoms with Crippen LogP contribution in [0, 0.1) is 0 Å². The molecule has 0 nitrogen and oxygen atoms in total. The molecule has 0 saturated heterocycles. The van der Waals surface area contributed by atoms with Crippen LogP contribution in [0.2, 0.25) is 0 Å². The van der Waals surface area contributed by atoms with Gasteiger partial charge in [-0.1, -0.05) is 73.4 Å². The molecule has 0 spiro atoms. The summed E-state index contributed by atoms with van der Waals surface area (Å²) in [5, 5.41) is 7.37. The van der Waals surface area contributed by atoms with Crippen molar-refractivity contribution in [3.63, 3.8) is 0 Å². The zero-order valence-electron chi connectivity index (χ0n) is 9.93. The summed E-state index contributed by atoms with van der Waals surface area (Å²) in [6.45, 7) is 15.1. The van der Waals surface area contributed by atoms with Crippen molar-refractivity contribution in [1.82, 2.24) is 0 Å². The number of thioether (sulfide) groups is 4. The van der Waals surface area contributed by atoms with Gasteiger partial charge >= 0.3 is 0 Å². The standard InChI is InChI=1S/C14H14S4/c1-5-15-11-9-10-12(16-6-2)14(18-8-4)13(11)17-7-3/h5-10H,1-4H2. The van der Waals surface area contributed by atoms with E-state index in [9.17, 15) is 0 Å². The van der Waals surface area contributed by atoms with Gasteiger partial charge in [0.2, 0.25) is 0 Å². The Hall–Kier alpha value is -0.420. The van der Waals surface area contributed by atoms with E-state index in [2.05, 4.69) is 38.4 Å². The first kappa shape index (κ1) is 15.6. The minimum atomic E-state index is 1.19. The molecule has 4 heteroatoms. The smallest absolute Gasteiger partial charge is 0.0406 e. The van der Waals surface area contributed by atoms with E-state index in [0.717, 1.165) is 0 Å². The van der Waals surface area contributed by atoms with Crippen LogP contribution in [-0.2, 0) is 0 Å². The van der Waals surface area contributed by atoms with E-state index in [1.807, 2.05) is 21.6 Å².